The summed E-state index contributed by atoms with van der Waals surface area (Å²) in [7, 11) is 0. The van der Waals surface area contributed by atoms with Gasteiger partial charge in [-0.1, -0.05) is 39.0 Å². The van der Waals surface area contributed by atoms with E-state index in [4.69, 9.17) is 4.74 Å². The topological polar surface area (TPSA) is 21.3 Å². The van der Waals surface area contributed by atoms with Crippen molar-refractivity contribution < 1.29 is 4.74 Å². The highest BCUT2D eigenvalue weighted by atomic mass is 32.2. The summed E-state index contributed by atoms with van der Waals surface area (Å²) in [6.45, 7) is 10.3. The maximum absolute atomic E-state index is 5.94. The van der Waals surface area contributed by atoms with Gasteiger partial charge in [0, 0.05) is 23.9 Å². The molecule has 0 aliphatic carbocycles. The minimum Gasteiger partial charge on any atom is -0.492 e. The second-order valence-electron chi connectivity index (χ2n) is 4.64. The number of ether oxygens (including phenoxy) is 1. The lowest BCUT2D eigenvalue weighted by Gasteiger charge is -2.15. The van der Waals surface area contributed by atoms with Crippen LogP contribution >= 0.6 is 11.8 Å². The van der Waals surface area contributed by atoms with Crippen LogP contribution in [0.5, 0.6) is 5.75 Å². The minimum absolute atomic E-state index is 0.494. The number of thioether (sulfide) groups is 1. The summed E-state index contributed by atoms with van der Waals surface area (Å²) in [5.41, 5.74) is 2.48. The molecule has 0 unspecified atom stereocenters. The van der Waals surface area contributed by atoms with Gasteiger partial charge >= 0.3 is 0 Å². The Balaban J connectivity index is 2.62. The standard InChI is InChI=1S/C15H25NOS/c1-5-18-10-9-17-15-13(4)7-6-8-14(15)11-16-12(2)3/h6-8,12,16H,5,9-11H2,1-4H3. The number of benzene rings is 1. The van der Waals surface area contributed by atoms with E-state index in [0.29, 0.717) is 6.04 Å². The molecule has 18 heavy (non-hydrogen) atoms. The van der Waals surface area contributed by atoms with Crippen LogP contribution in [0.3, 0.4) is 0 Å². The summed E-state index contributed by atoms with van der Waals surface area (Å²) in [6.07, 6.45) is 0. The largest absolute Gasteiger partial charge is 0.492 e. The van der Waals surface area contributed by atoms with Crippen molar-refractivity contribution >= 4 is 11.8 Å². The van der Waals surface area contributed by atoms with E-state index in [1.54, 1.807) is 0 Å². The fourth-order valence-corrected chi connectivity index (χ4v) is 2.21. The number of rotatable bonds is 8. The Morgan fingerprint density at radius 1 is 1.33 bits per heavy atom. The smallest absolute Gasteiger partial charge is 0.126 e. The molecule has 3 heteroatoms. The zero-order valence-corrected chi connectivity index (χ0v) is 12.8. The quantitative estimate of drug-likeness (QED) is 0.727. The van der Waals surface area contributed by atoms with E-state index in [1.807, 2.05) is 11.8 Å². The molecule has 1 rings (SSSR count). The van der Waals surface area contributed by atoms with Crippen LogP contribution in [-0.4, -0.2) is 24.2 Å². The molecule has 1 aromatic rings. The Morgan fingerprint density at radius 2 is 2.11 bits per heavy atom. The second-order valence-corrected chi connectivity index (χ2v) is 6.04. The monoisotopic (exact) mass is 267 g/mol. The fraction of sp³-hybridized carbons (Fsp3) is 0.600. The molecule has 102 valence electrons. The summed E-state index contributed by atoms with van der Waals surface area (Å²) >= 11 is 1.92. The Labute approximate surface area is 116 Å². The van der Waals surface area contributed by atoms with Crippen LogP contribution in [-0.2, 0) is 6.54 Å². The molecular weight excluding hydrogens is 242 g/mol. The van der Waals surface area contributed by atoms with Gasteiger partial charge in [-0.3, -0.25) is 0 Å². The number of para-hydroxylation sites is 1. The van der Waals surface area contributed by atoms with E-state index in [1.165, 1.54) is 11.1 Å². The Bertz CT molecular complexity index is 352. The van der Waals surface area contributed by atoms with E-state index in [9.17, 15) is 0 Å². The van der Waals surface area contributed by atoms with Crippen LogP contribution in [0.25, 0.3) is 0 Å². The predicted molar refractivity (Wildman–Crippen MR) is 81.6 cm³/mol. The average Bonchev–Trinajstić information content (AvgIpc) is 2.34. The van der Waals surface area contributed by atoms with Gasteiger partial charge < -0.3 is 10.1 Å². The zero-order chi connectivity index (χ0) is 13.4. The van der Waals surface area contributed by atoms with Gasteiger partial charge in [-0.25, -0.2) is 0 Å². The van der Waals surface area contributed by atoms with E-state index < -0.39 is 0 Å². The highest BCUT2D eigenvalue weighted by molar-refractivity contribution is 7.99. The average molecular weight is 267 g/mol. The molecule has 0 amide bonds. The van der Waals surface area contributed by atoms with Crippen LogP contribution in [0.15, 0.2) is 18.2 Å². The first-order valence-electron chi connectivity index (χ1n) is 6.67. The van der Waals surface area contributed by atoms with Gasteiger partial charge in [-0.15, -0.1) is 0 Å². The molecule has 0 bridgehead atoms. The molecule has 1 aromatic carbocycles. The first-order chi connectivity index (χ1) is 8.65. The second kappa shape index (κ2) is 8.44. The number of aryl methyl sites for hydroxylation is 1. The van der Waals surface area contributed by atoms with Crippen molar-refractivity contribution in [3.05, 3.63) is 29.3 Å². The molecule has 0 saturated carbocycles. The lowest BCUT2D eigenvalue weighted by molar-refractivity contribution is 0.336. The van der Waals surface area contributed by atoms with Crippen molar-refractivity contribution in [2.45, 2.75) is 40.3 Å². The molecular formula is C15H25NOS. The number of nitrogens with one attached hydrogen (secondary N) is 1. The Hall–Kier alpha value is -0.670. The first-order valence-corrected chi connectivity index (χ1v) is 7.83. The third kappa shape index (κ3) is 5.32. The molecule has 2 nitrogen and oxygen atoms in total. The van der Waals surface area contributed by atoms with Gasteiger partial charge in [0.2, 0.25) is 0 Å². The third-order valence-electron chi connectivity index (χ3n) is 2.67. The Morgan fingerprint density at radius 3 is 2.78 bits per heavy atom. The normalized spacial score (nSPS) is 10.9. The molecule has 0 radical (unpaired) electrons. The van der Waals surface area contributed by atoms with E-state index in [2.05, 4.69) is 51.2 Å². The van der Waals surface area contributed by atoms with Crippen molar-refractivity contribution in [3.8, 4) is 5.75 Å². The summed E-state index contributed by atoms with van der Waals surface area (Å²) < 4.78 is 5.94. The summed E-state index contributed by atoms with van der Waals surface area (Å²) in [5.74, 6) is 3.27. The van der Waals surface area contributed by atoms with Gasteiger partial charge in [-0.05, 0) is 18.2 Å². The van der Waals surface area contributed by atoms with Crippen molar-refractivity contribution in [2.75, 3.05) is 18.1 Å². The van der Waals surface area contributed by atoms with Crippen LogP contribution in [0.1, 0.15) is 31.9 Å². The molecule has 0 spiro atoms. The lowest BCUT2D eigenvalue weighted by Crippen LogP contribution is -2.22. The predicted octanol–water partition coefficient (Wildman–Crippen LogP) is 3.62. The SMILES string of the molecule is CCSCCOc1c(C)cccc1CNC(C)C. The van der Waals surface area contributed by atoms with Gasteiger partial charge in [-0.2, -0.15) is 11.8 Å². The highest BCUT2D eigenvalue weighted by Gasteiger charge is 2.07. The molecule has 0 atom stereocenters. The summed E-state index contributed by atoms with van der Waals surface area (Å²) in [4.78, 5) is 0. The van der Waals surface area contributed by atoms with Crippen molar-refractivity contribution in [2.24, 2.45) is 0 Å². The lowest BCUT2D eigenvalue weighted by atomic mass is 10.1. The summed E-state index contributed by atoms with van der Waals surface area (Å²) in [6, 6.07) is 6.85. The van der Waals surface area contributed by atoms with Crippen molar-refractivity contribution in [3.63, 3.8) is 0 Å². The van der Waals surface area contributed by atoms with Gasteiger partial charge in [0.15, 0.2) is 0 Å². The fourth-order valence-electron chi connectivity index (χ4n) is 1.72. The van der Waals surface area contributed by atoms with E-state index in [-0.39, 0.29) is 0 Å². The van der Waals surface area contributed by atoms with Crippen LogP contribution in [0.2, 0.25) is 0 Å². The van der Waals surface area contributed by atoms with Gasteiger partial charge in [0.1, 0.15) is 5.75 Å². The summed E-state index contributed by atoms with van der Waals surface area (Å²) in [5, 5.41) is 3.45. The van der Waals surface area contributed by atoms with Crippen LogP contribution in [0.4, 0.5) is 0 Å². The molecule has 0 heterocycles. The first kappa shape index (κ1) is 15.4. The van der Waals surface area contributed by atoms with Crippen LogP contribution < -0.4 is 10.1 Å². The van der Waals surface area contributed by atoms with E-state index in [0.717, 1.165) is 30.4 Å². The maximum Gasteiger partial charge on any atom is 0.126 e. The molecule has 1 N–H and O–H groups in total. The highest BCUT2D eigenvalue weighted by Crippen LogP contribution is 2.23. The number of hydrogen-bond donors (Lipinski definition) is 1. The van der Waals surface area contributed by atoms with Crippen LogP contribution in [0, 0.1) is 6.92 Å². The molecule has 0 aliphatic rings. The molecule has 0 aliphatic heterocycles. The Kier molecular flexibility index (Phi) is 7.21. The van der Waals surface area contributed by atoms with Gasteiger partial charge in [0.05, 0.1) is 6.61 Å². The van der Waals surface area contributed by atoms with Crippen molar-refractivity contribution in [1.29, 1.82) is 0 Å². The molecule has 0 aromatic heterocycles. The van der Waals surface area contributed by atoms with E-state index >= 15 is 0 Å². The zero-order valence-electron chi connectivity index (χ0n) is 12.0. The number of hydrogen-bond acceptors (Lipinski definition) is 3. The third-order valence-corrected chi connectivity index (χ3v) is 3.54. The van der Waals surface area contributed by atoms with Gasteiger partial charge in [0.25, 0.3) is 0 Å². The maximum atomic E-state index is 5.94. The molecule has 0 saturated heterocycles. The molecule has 0 fully saturated rings. The minimum atomic E-state index is 0.494. The van der Waals surface area contributed by atoms with Crippen molar-refractivity contribution in [1.82, 2.24) is 5.32 Å².